The van der Waals surface area contributed by atoms with E-state index < -0.39 is 0 Å². The van der Waals surface area contributed by atoms with Crippen LogP contribution in [0, 0.1) is 0 Å². The molecule has 4 rings (SSSR count). The van der Waals surface area contributed by atoms with Crippen molar-refractivity contribution in [1.82, 2.24) is 9.55 Å². The molecule has 0 spiro atoms. The third-order valence-corrected chi connectivity index (χ3v) is 5.33. The topological polar surface area (TPSA) is 30.2 Å². The lowest BCUT2D eigenvalue weighted by Gasteiger charge is -2.11. The van der Waals surface area contributed by atoms with E-state index in [0.717, 1.165) is 29.9 Å². The molecular formula is C22H21N3S. The monoisotopic (exact) mass is 359 g/mol. The number of nitrogens with zero attached hydrogens (tertiary/aromatic N) is 3. The first-order valence-electron chi connectivity index (χ1n) is 8.98. The van der Waals surface area contributed by atoms with Gasteiger partial charge >= 0.3 is 0 Å². The Morgan fingerprint density at radius 2 is 1.92 bits per heavy atom. The maximum atomic E-state index is 4.84. The van der Waals surface area contributed by atoms with E-state index in [4.69, 9.17) is 4.99 Å². The molecule has 26 heavy (non-hydrogen) atoms. The van der Waals surface area contributed by atoms with Crippen molar-refractivity contribution >= 4 is 27.8 Å². The molecule has 0 radical (unpaired) electrons. The molecule has 0 aliphatic carbocycles. The fourth-order valence-corrected chi connectivity index (χ4v) is 4.09. The van der Waals surface area contributed by atoms with Crippen molar-refractivity contribution in [2.75, 3.05) is 0 Å². The second-order valence-electron chi connectivity index (χ2n) is 6.26. The standard InChI is InChI=1S/C22H21N3S/c1-2-3-14-25-21(16-26-22(25)24-18-10-7-13-23-15-18)20-12-6-9-17-8-4-5-11-19(17)20/h4-13,15-16H,2-3,14H2,1H3. The molecule has 130 valence electrons. The fourth-order valence-electron chi connectivity index (χ4n) is 3.15. The molecule has 2 aromatic carbocycles. The van der Waals surface area contributed by atoms with E-state index in [9.17, 15) is 0 Å². The van der Waals surface area contributed by atoms with Crippen LogP contribution in [-0.2, 0) is 6.54 Å². The Morgan fingerprint density at radius 3 is 2.77 bits per heavy atom. The number of hydrogen-bond donors (Lipinski definition) is 0. The smallest absolute Gasteiger partial charge is 0.190 e. The molecule has 0 saturated carbocycles. The first-order chi connectivity index (χ1) is 12.9. The molecule has 0 aliphatic heterocycles. The van der Waals surface area contributed by atoms with Crippen LogP contribution in [0.2, 0.25) is 0 Å². The van der Waals surface area contributed by atoms with Crippen LogP contribution < -0.4 is 4.80 Å². The maximum absolute atomic E-state index is 4.84. The van der Waals surface area contributed by atoms with Crippen molar-refractivity contribution < 1.29 is 0 Å². The van der Waals surface area contributed by atoms with Crippen LogP contribution in [0.15, 0.2) is 77.4 Å². The van der Waals surface area contributed by atoms with Gasteiger partial charge in [0.25, 0.3) is 0 Å². The number of unbranched alkanes of at least 4 members (excludes halogenated alkanes) is 1. The van der Waals surface area contributed by atoms with Crippen molar-refractivity contribution in [1.29, 1.82) is 0 Å². The Kier molecular flexibility index (Phi) is 4.93. The van der Waals surface area contributed by atoms with E-state index in [2.05, 4.69) is 64.3 Å². The van der Waals surface area contributed by atoms with E-state index >= 15 is 0 Å². The lowest BCUT2D eigenvalue weighted by molar-refractivity contribution is 0.624. The predicted molar refractivity (Wildman–Crippen MR) is 110 cm³/mol. The molecule has 0 unspecified atom stereocenters. The van der Waals surface area contributed by atoms with Crippen molar-refractivity contribution in [3.63, 3.8) is 0 Å². The molecule has 3 nitrogen and oxygen atoms in total. The molecule has 0 atom stereocenters. The fraction of sp³-hybridized carbons (Fsp3) is 0.182. The number of benzene rings is 2. The number of rotatable bonds is 5. The van der Waals surface area contributed by atoms with E-state index in [1.807, 2.05) is 18.3 Å². The molecule has 2 aromatic heterocycles. The van der Waals surface area contributed by atoms with E-state index in [1.165, 1.54) is 22.0 Å². The van der Waals surface area contributed by atoms with E-state index in [-0.39, 0.29) is 0 Å². The van der Waals surface area contributed by atoms with Gasteiger partial charge in [-0.05, 0) is 29.3 Å². The summed E-state index contributed by atoms with van der Waals surface area (Å²) in [4.78, 5) is 10.0. The van der Waals surface area contributed by atoms with Crippen LogP contribution in [-0.4, -0.2) is 9.55 Å². The highest BCUT2D eigenvalue weighted by atomic mass is 32.1. The van der Waals surface area contributed by atoms with Crippen LogP contribution in [0.5, 0.6) is 0 Å². The molecule has 0 aliphatic rings. The van der Waals surface area contributed by atoms with Gasteiger partial charge in [-0.15, -0.1) is 11.3 Å². The van der Waals surface area contributed by atoms with Crippen molar-refractivity contribution in [3.05, 3.63) is 77.2 Å². The molecule has 4 aromatic rings. The van der Waals surface area contributed by atoms with E-state index in [1.54, 1.807) is 17.5 Å². The third-order valence-electron chi connectivity index (χ3n) is 4.47. The van der Waals surface area contributed by atoms with Gasteiger partial charge in [0, 0.05) is 23.7 Å². The summed E-state index contributed by atoms with van der Waals surface area (Å²) >= 11 is 1.69. The van der Waals surface area contributed by atoms with Crippen molar-refractivity contribution in [3.8, 4) is 11.3 Å². The highest BCUT2D eigenvalue weighted by Crippen LogP contribution is 2.29. The Bertz CT molecular complexity index is 1070. The van der Waals surface area contributed by atoms with Gasteiger partial charge in [0.1, 0.15) is 0 Å². The van der Waals surface area contributed by atoms with Crippen molar-refractivity contribution in [2.45, 2.75) is 26.3 Å². The van der Waals surface area contributed by atoms with Crippen LogP contribution in [0.4, 0.5) is 5.69 Å². The Hall–Kier alpha value is -2.72. The Morgan fingerprint density at radius 1 is 1.04 bits per heavy atom. The zero-order valence-corrected chi connectivity index (χ0v) is 15.6. The Labute approximate surface area is 157 Å². The highest BCUT2D eigenvalue weighted by Gasteiger charge is 2.11. The molecule has 0 N–H and O–H groups in total. The molecule has 2 heterocycles. The largest absolute Gasteiger partial charge is 0.316 e. The van der Waals surface area contributed by atoms with Crippen LogP contribution in [0.1, 0.15) is 19.8 Å². The zero-order valence-electron chi connectivity index (χ0n) is 14.8. The first-order valence-corrected chi connectivity index (χ1v) is 9.86. The second kappa shape index (κ2) is 7.67. The van der Waals surface area contributed by atoms with Gasteiger partial charge in [0.15, 0.2) is 4.80 Å². The van der Waals surface area contributed by atoms with Gasteiger partial charge in [-0.25, -0.2) is 4.99 Å². The average molecular weight is 359 g/mol. The SMILES string of the molecule is CCCCn1c(-c2cccc3ccccc23)csc1=Nc1cccnc1. The number of thiazole rings is 1. The minimum Gasteiger partial charge on any atom is -0.316 e. The quantitative estimate of drug-likeness (QED) is 0.443. The lowest BCUT2D eigenvalue weighted by Crippen LogP contribution is -2.16. The average Bonchev–Trinajstić information content (AvgIpc) is 3.09. The van der Waals surface area contributed by atoms with Crippen LogP contribution in [0.3, 0.4) is 0 Å². The summed E-state index contributed by atoms with van der Waals surface area (Å²) in [7, 11) is 0. The minimum atomic E-state index is 0.893. The van der Waals surface area contributed by atoms with Crippen molar-refractivity contribution in [2.24, 2.45) is 4.99 Å². The van der Waals surface area contributed by atoms with Crippen LogP contribution in [0.25, 0.3) is 22.0 Å². The molecule has 0 saturated heterocycles. The van der Waals surface area contributed by atoms with Gasteiger partial charge in [-0.2, -0.15) is 0 Å². The maximum Gasteiger partial charge on any atom is 0.190 e. The minimum absolute atomic E-state index is 0.893. The summed E-state index contributed by atoms with van der Waals surface area (Å²) in [6, 6.07) is 19.0. The second-order valence-corrected chi connectivity index (χ2v) is 7.09. The van der Waals surface area contributed by atoms with Gasteiger partial charge in [0.2, 0.25) is 0 Å². The van der Waals surface area contributed by atoms with E-state index in [0.29, 0.717) is 0 Å². The molecule has 0 amide bonds. The number of fused-ring (bicyclic) bond motifs is 1. The summed E-state index contributed by atoms with van der Waals surface area (Å²) in [5.41, 5.74) is 3.40. The summed E-state index contributed by atoms with van der Waals surface area (Å²) in [6.45, 7) is 3.19. The normalized spacial score (nSPS) is 12.0. The van der Waals surface area contributed by atoms with Gasteiger partial charge in [-0.3, -0.25) is 4.98 Å². The molecule has 0 fully saturated rings. The summed E-state index contributed by atoms with van der Waals surface area (Å²) < 4.78 is 2.35. The van der Waals surface area contributed by atoms with Gasteiger partial charge in [-0.1, -0.05) is 55.8 Å². The number of hydrogen-bond acceptors (Lipinski definition) is 3. The van der Waals surface area contributed by atoms with Gasteiger partial charge < -0.3 is 4.57 Å². The third kappa shape index (κ3) is 3.33. The predicted octanol–water partition coefficient (Wildman–Crippen LogP) is 5.80. The number of pyridine rings is 1. The Balaban J connectivity index is 1.90. The summed E-state index contributed by atoms with van der Waals surface area (Å²) in [5.74, 6) is 0. The number of aromatic nitrogens is 2. The summed E-state index contributed by atoms with van der Waals surface area (Å²) in [6.07, 6.45) is 5.88. The lowest BCUT2D eigenvalue weighted by atomic mass is 10.0. The van der Waals surface area contributed by atoms with Crippen LogP contribution >= 0.6 is 11.3 Å². The highest BCUT2D eigenvalue weighted by molar-refractivity contribution is 7.07. The zero-order chi connectivity index (χ0) is 17.8. The molecular weight excluding hydrogens is 338 g/mol. The first kappa shape index (κ1) is 16.7. The molecule has 0 bridgehead atoms. The van der Waals surface area contributed by atoms with Gasteiger partial charge in [0.05, 0.1) is 17.6 Å². The molecule has 4 heteroatoms. The summed E-state index contributed by atoms with van der Waals surface area (Å²) in [5, 5.41) is 4.78.